The molecule has 8 nitrogen and oxygen atoms in total. The highest BCUT2D eigenvalue weighted by molar-refractivity contribution is 5.79. The van der Waals surface area contributed by atoms with Crippen molar-refractivity contribution in [2.75, 3.05) is 12.4 Å². The van der Waals surface area contributed by atoms with E-state index in [1.54, 1.807) is 18.0 Å². The highest BCUT2D eigenvalue weighted by Crippen LogP contribution is 2.28. The number of piperidine rings is 1. The van der Waals surface area contributed by atoms with E-state index in [2.05, 4.69) is 20.7 Å². The first-order chi connectivity index (χ1) is 13.0. The smallest absolute Gasteiger partial charge is 0.220 e. The maximum Gasteiger partial charge on any atom is 0.220 e. The highest BCUT2D eigenvalue weighted by Gasteiger charge is 2.31. The van der Waals surface area contributed by atoms with E-state index in [0.717, 1.165) is 33.9 Å². The Morgan fingerprint density at radius 1 is 1.30 bits per heavy atom. The van der Waals surface area contributed by atoms with Gasteiger partial charge < -0.3 is 15.4 Å². The molecular formula is C19H22N6O2. The van der Waals surface area contributed by atoms with Crippen molar-refractivity contribution in [2.45, 2.75) is 31.8 Å². The monoisotopic (exact) mass is 366 g/mol. The Hall–Kier alpha value is -3.16. The van der Waals surface area contributed by atoms with E-state index in [-0.39, 0.29) is 18.0 Å². The van der Waals surface area contributed by atoms with Crippen LogP contribution < -0.4 is 15.4 Å². The van der Waals surface area contributed by atoms with Crippen LogP contribution in [0.25, 0.3) is 11.0 Å². The molecule has 2 atom stereocenters. The first-order valence-electron chi connectivity index (χ1n) is 8.90. The summed E-state index contributed by atoms with van der Waals surface area (Å²) in [6.45, 7) is 1.93. The predicted molar refractivity (Wildman–Crippen MR) is 102 cm³/mol. The fourth-order valence-corrected chi connectivity index (χ4v) is 3.43. The molecule has 3 aromatic rings. The Morgan fingerprint density at radius 3 is 2.89 bits per heavy atom. The maximum atomic E-state index is 11.9. The molecule has 3 heterocycles. The van der Waals surface area contributed by atoms with Gasteiger partial charge in [-0.1, -0.05) is 0 Å². The van der Waals surface area contributed by atoms with Crippen LogP contribution in [0.2, 0.25) is 0 Å². The van der Waals surface area contributed by atoms with Gasteiger partial charge in [0.25, 0.3) is 0 Å². The zero-order valence-corrected chi connectivity index (χ0v) is 15.6. The molecule has 0 aliphatic carbocycles. The van der Waals surface area contributed by atoms with Gasteiger partial charge in [0.1, 0.15) is 11.6 Å². The normalized spacial score (nSPS) is 19.7. The summed E-state index contributed by atoms with van der Waals surface area (Å²) < 4.78 is 7.00. The van der Waals surface area contributed by atoms with Crippen LogP contribution in [-0.4, -0.2) is 38.8 Å². The molecular weight excluding hydrogens is 344 g/mol. The van der Waals surface area contributed by atoms with E-state index < -0.39 is 0 Å². The van der Waals surface area contributed by atoms with Gasteiger partial charge in [-0.15, -0.1) is 0 Å². The van der Waals surface area contributed by atoms with Crippen molar-refractivity contribution in [1.29, 1.82) is 0 Å². The Kier molecular flexibility index (Phi) is 4.39. The number of hydrogen-bond donors (Lipinski definition) is 2. The number of carbonyl (C=O) groups is 1. The van der Waals surface area contributed by atoms with Gasteiger partial charge in [-0.05, 0) is 25.5 Å². The third-order valence-corrected chi connectivity index (χ3v) is 4.85. The zero-order valence-electron chi connectivity index (χ0n) is 15.6. The van der Waals surface area contributed by atoms with E-state index in [1.807, 2.05) is 38.4 Å². The van der Waals surface area contributed by atoms with Crippen molar-refractivity contribution in [2.24, 2.45) is 7.05 Å². The third kappa shape index (κ3) is 3.42. The Balaban J connectivity index is 1.64. The Bertz CT molecular complexity index is 999. The maximum absolute atomic E-state index is 11.9. The number of fused-ring (bicyclic) bond motifs is 1. The number of amides is 1. The summed E-state index contributed by atoms with van der Waals surface area (Å²) in [6.07, 6.45) is 4.91. The van der Waals surface area contributed by atoms with Crippen molar-refractivity contribution in [3.63, 3.8) is 0 Å². The first-order valence-corrected chi connectivity index (χ1v) is 8.90. The van der Waals surface area contributed by atoms with Crippen LogP contribution in [0.1, 0.15) is 30.1 Å². The Labute approximate surface area is 157 Å². The number of benzene rings is 1. The average Bonchev–Trinajstić information content (AvgIpc) is 3.09. The molecule has 1 saturated heterocycles. The molecule has 27 heavy (non-hydrogen) atoms. The van der Waals surface area contributed by atoms with E-state index in [1.165, 1.54) is 0 Å². The molecule has 4 rings (SSSR count). The summed E-state index contributed by atoms with van der Waals surface area (Å²) in [6, 6.07) is 5.49. The second kappa shape index (κ2) is 6.86. The Morgan fingerprint density at radius 2 is 2.15 bits per heavy atom. The summed E-state index contributed by atoms with van der Waals surface area (Å²) in [5.41, 5.74) is 3.36. The molecule has 8 heteroatoms. The van der Waals surface area contributed by atoms with Crippen molar-refractivity contribution >= 4 is 22.8 Å². The van der Waals surface area contributed by atoms with Crippen LogP contribution in [-0.2, 0) is 11.8 Å². The number of aryl methyl sites for hydroxylation is 2. The molecule has 0 radical (unpaired) electrons. The third-order valence-electron chi connectivity index (χ3n) is 4.85. The number of methoxy groups -OCH3 is 1. The van der Waals surface area contributed by atoms with Crippen molar-refractivity contribution in [1.82, 2.24) is 25.1 Å². The van der Waals surface area contributed by atoms with Gasteiger partial charge in [-0.25, -0.2) is 9.97 Å². The minimum Gasteiger partial charge on any atom is -0.497 e. The van der Waals surface area contributed by atoms with Gasteiger partial charge in [0.2, 0.25) is 5.91 Å². The van der Waals surface area contributed by atoms with Gasteiger partial charge in [-0.2, -0.15) is 5.10 Å². The number of aromatic nitrogens is 4. The second-order valence-electron chi connectivity index (χ2n) is 6.79. The van der Waals surface area contributed by atoms with Crippen molar-refractivity contribution in [3.8, 4) is 5.75 Å². The largest absolute Gasteiger partial charge is 0.497 e. The lowest BCUT2D eigenvalue weighted by atomic mass is 9.93. The lowest BCUT2D eigenvalue weighted by Crippen LogP contribution is -2.45. The standard InChI is InChI=1S/C19H22N6O2/c1-11-19(22-14-5-4-13(27-3)8-16(14)21-11)23-15-6-7-17(26)24-18(15)12-9-20-25(2)10-12/h4-5,8-10,15,18H,6-7H2,1-3H3,(H,22,23)(H,24,26)/t15-,18+/m1/s1. The molecule has 1 aliphatic heterocycles. The van der Waals surface area contributed by atoms with Gasteiger partial charge in [-0.3, -0.25) is 9.48 Å². The summed E-state index contributed by atoms with van der Waals surface area (Å²) in [5.74, 6) is 1.53. The molecule has 0 unspecified atom stereocenters. The molecule has 0 spiro atoms. The lowest BCUT2D eigenvalue weighted by Gasteiger charge is -2.33. The quantitative estimate of drug-likeness (QED) is 0.734. The van der Waals surface area contributed by atoms with Gasteiger partial charge >= 0.3 is 0 Å². The van der Waals surface area contributed by atoms with E-state index in [0.29, 0.717) is 12.8 Å². The summed E-state index contributed by atoms with van der Waals surface area (Å²) in [7, 11) is 3.50. The molecule has 1 aliphatic rings. The fraction of sp³-hybridized carbons (Fsp3) is 0.368. The first kappa shape index (κ1) is 17.3. The molecule has 0 bridgehead atoms. The van der Waals surface area contributed by atoms with E-state index >= 15 is 0 Å². The summed E-state index contributed by atoms with van der Waals surface area (Å²) >= 11 is 0. The number of rotatable bonds is 4. The van der Waals surface area contributed by atoms with E-state index in [9.17, 15) is 4.79 Å². The van der Waals surface area contributed by atoms with Crippen molar-refractivity contribution < 1.29 is 9.53 Å². The topological polar surface area (TPSA) is 94.0 Å². The van der Waals surface area contributed by atoms with Crippen LogP contribution in [0.15, 0.2) is 30.6 Å². The van der Waals surface area contributed by atoms with Gasteiger partial charge in [0.15, 0.2) is 0 Å². The molecule has 1 fully saturated rings. The molecule has 2 aromatic heterocycles. The van der Waals surface area contributed by atoms with Gasteiger partial charge in [0.05, 0.1) is 42.1 Å². The van der Waals surface area contributed by atoms with Crippen LogP contribution in [0.3, 0.4) is 0 Å². The number of carbonyl (C=O) groups excluding carboxylic acids is 1. The average molecular weight is 366 g/mol. The predicted octanol–water partition coefficient (Wildman–Crippen LogP) is 2.11. The molecule has 0 saturated carbocycles. The number of anilines is 1. The SMILES string of the molecule is COc1ccc2nc(N[C@@H]3CCC(=O)N[C@H]3c3cnn(C)c3)c(C)nc2c1. The summed E-state index contributed by atoms with van der Waals surface area (Å²) in [4.78, 5) is 21.3. The molecule has 1 amide bonds. The minimum absolute atomic E-state index is 0.00981. The number of nitrogens with zero attached hydrogens (tertiary/aromatic N) is 4. The second-order valence-corrected chi connectivity index (χ2v) is 6.79. The van der Waals surface area contributed by atoms with Gasteiger partial charge in [0, 0.05) is 31.3 Å². The number of hydrogen-bond acceptors (Lipinski definition) is 6. The van der Waals surface area contributed by atoms with Crippen molar-refractivity contribution in [3.05, 3.63) is 41.9 Å². The minimum atomic E-state index is -0.160. The van der Waals surface area contributed by atoms with Crippen LogP contribution in [0.5, 0.6) is 5.75 Å². The molecule has 2 N–H and O–H groups in total. The van der Waals surface area contributed by atoms with Crippen LogP contribution in [0.4, 0.5) is 5.82 Å². The summed E-state index contributed by atoms with van der Waals surface area (Å²) in [5, 5.41) is 10.8. The number of ether oxygens (including phenoxy) is 1. The van der Waals surface area contributed by atoms with E-state index in [4.69, 9.17) is 9.72 Å². The number of nitrogens with one attached hydrogen (secondary N) is 2. The lowest BCUT2D eigenvalue weighted by molar-refractivity contribution is -0.123. The fourth-order valence-electron chi connectivity index (χ4n) is 3.43. The molecule has 1 aromatic carbocycles. The van der Waals surface area contributed by atoms with Crippen LogP contribution >= 0.6 is 0 Å². The highest BCUT2D eigenvalue weighted by atomic mass is 16.5. The molecule has 140 valence electrons. The zero-order chi connectivity index (χ0) is 19.0. The van der Waals surface area contributed by atoms with Crippen LogP contribution in [0, 0.1) is 6.92 Å².